The Morgan fingerprint density at radius 3 is 0.896 bits per heavy atom. The monoisotopic (exact) mass is 730 g/mol. The average molecular weight is 730 g/mol. The maximum atomic E-state index is 10.6. The minimum Gasteiger partial charge on any atom is -0.475 e. The van der Waals surface area contributed by atoms with Gasteiger partial charge in [0.2, 0.25) is 0 Å². The van der Waals surface area contributed by atoms with Crippen molar-refractivity contribution in [3.8, 4) is 0 Å². The van der Waals surface area contributed by atoms with E-state index in [1.165, 1.54) is 25.7 Å². The molecule has 2 atom stereocenters. The third-order valence-electron chi connectivity index (χ3n) is 4.79. The largest absolute Gasteiger partial charge is 0.490 e. The van der Waals surface area contributed by atoms with Crippen molar-refractivity contribution < 1.29 is 92.3 Å². The van der Waals surface area contributed by atoms with E-state index in [1.807, 2.05) is 12.4 Å². The van der Waals surface area contributed by atoms with Crippen LogP contribution in [-0.4, -0.2) is 102 Å². The van der Waals surface area contributed by atoms with E-state index in [9.17, 15) is 52.7 Å². The van der Waals surface area contributed by atoms with Crippen LogP contribution >= 0.6 is 0 Å². The number of alkyl halides is 12. The van der Waals surface area contributed by atoms with Crippen molar-refractivity contribution >= 4 is 23.9 Å². The lowest BCUT2D eigenvalue weighted by atomic mass is 10.2. The van der Waals surface area contributed by atoms with Crippen LogP contribution in [0, 0.1) is 0 Å². The lowest BCUT2D eigenvalue weighted by Gasteiger charge is -2.04. The molecule has 2 saturated heterocycles. The van der Waals surface area contributed by atoms with E-state index in [0.29, 0.717) is 12.1 Å². The first-order valence-electron chi connectivity index (χ1n) is 12.4. The first-order valence-corrected chi connectivity index (χ1v) is 12.4. The number of hydrogen-bond donors (Lipinski definition) is 8. The fraction of sp³-hybridized carbons (Fsp3) is 0.545. The summed E-state index contributed by atoms with van der Waals surface area (Å²) in [7, 11) is 0. The summed E-state index contributed by atoms with van der Waals surface area (Å²) in [5.41, 5.74) is 0. The molecular formula is C22H26F12N6O8. The molecule has 8 N–H and O–H groups in total. The van der Waals surface area contributed by atoms with Gasteiger partial charge in [0.15, 0.2) is 0 Å². The van der Waals surface area contributed by atoms with Crippen LogP contribution < -0.4 is 10.6 Å². The number of carboxylic acid groups (broad SMARTS) is 4. The Morgan fingerprint density at radius 2 is 0.771 bits per heavy atom. The van der Waals surface area contributed by atoms with Gasteiger partial charge in [0.25, 0.3) is 0 Å². The Morgan fingerprint density at radius 1 is 0.542 bits per heavy atom. The molecular weight excluding hydrogens is 704 g/mol. The molecule has 276 valence electrons. The highest BCUT2D eigenvalue weighted by Crippen LogP contribution is 2.20. The molecule has 4 heterocycles. The van der Waals surface area contributed by atoms with Crippen LogP contribution in [0.2, 0.25) is 0 Å². The predicted molar refractivity (Wildman–Crippen MR) is 132 cm³/mol. The summed E-state index contributed by atoms with van der Waals surface area (Å²) in [5.74, 6) is -8.87. The van der Waals surface area contributed by atoms with Crippen molar-refractivity contribution in [1.82, 2.24) is 30.6 Å². The van der Waals surface area contributed by atoms with Gasteiger partial charge in [-0.15, -0.1) is 0 Å². The van der Waals surface area contributed by atoms with Crippen molar-refractivity contribution in [3.63, 3.8) is 0 Å². The van der Waals surface area contributed by atoms with Gasteiger partial charge in [0.05, 0.1) is 12.1 Å². The number of rotatable bonds is 2. The molecule has 0 aliphatic carbocycles. The molecule has 14 nitrogen and oxygen atoms in total. The second kappa shape index (κ2) is 20.6. The summed E-state index contributed by atoms with van der Waals surface area (Å²) in [6.45, 7) is 2.26. The first-order chi connectivity index (χ1) is 21.7. The fourth-order valence-corrected chi connectivity index (χ4v) is 2.77. The molecule has 0 radical (unpaired) electrons. The zero-order valence-electron chi connectivity index (χ0n) is 23.6. The maximum absolute atomic E-state index is 10.6. The van der Waals surface area contributed by atoms with Gasteiger partial charge < -0.3 is 41.0 Å². The molecule has 0 spiro atoms. The number of carboxylic acids is 4. The second-order valence-corrected chi connectivity index (χ2v) is 8.46. The van der Waals surface area contributed by atoms with Gasteiger partial charge in [-0.05, 0) is 38.8 Å². The standard InChI is InChI=1S/2C7H11N3.4C2HF3O2/c2*1-2-6(8-3-1)7-9-4-5-10-7;4*3-2(4,5)1(6)7/h2*4-6,8H,1-3H2,(H,9,10);4*(H,6,7)/t2*6-;;;;/m00..../s1. The van der Waals surface area contributed by atoms with Gasteiger partial charge in [-0.1, -0.05) is 0 Å². The fourth-order valence-electron chi connectivity index (χ4n) is 2.77. The third kappa shape index (κ3) is 22.0. The summed E-state index contributed by atoms with van der Waals surface area (Å²) in [6, 6.07) is 0.963. The van der Waals surface area contributed by atoms with E-state index in [2.05, 4.69) is 30.6 Å². The Hall–Kier alpha value is -4.62. The number of nitrogens with one attached hydrogen (secondary N) is 4. The van der Waals surface area contributed by atoms with Gasteiger partial charge in [0.1, 0.15) is 11.6 Å². The van der Waals surface area contributed by atoms with E-state index < -0.39 is 48.6 Å². The second-order valence-electron chi connectivity index (χ2n) is 8.46. The molecule has 0 unspecified atom stereocenters. The molecule has 48 heavy (non-hydrogen) atoms. The summed E-state index contributed by atoms with van der Waals surface area (Å²) in [5, 5.41) is 35.2. The van der Waals surface area contributed by atoms with E-state index in [0.717, 1.165) is 24.7 Å². The number of H-pyrrole nitrogens is 2. The highest BCUT2D eigenvalue weighted by atomic mass is 19.4. The Labute approximate surface area is 259 Å². The van der Waals surface area contributed by atoms with Gasteiger partial charge in [-0.3, -0.25) is 0 Å². The van der Waals surface area contributed by atoms with E-state index in [4.69, 9.17) is 39.6 Å². The quantitative estimate of drug-likeness (QED) is 0.203. The van der Waals surface area contributed by atoms with Gasteiger partial charge in [0, 0.05) is 24.8 Å². The molecule has 0 aromatic carbocycles. The van der Waals surface area contributed by atoms with Crippen LogP contribution in [0.3, 0.4) is 0 Å². The summed E-state index contributed by atoms with van der Waals surface area (Å²) in [4.78, 5) is 50.2. The van der Waals surface area contributed by atoms with Crippen LogP contribution in [0.25, 0.3) is 0 Å². The normalized spacial score (nSPS) is 17.2. The first kappa shape index (κ1) is 45.5. The van der Waals surface area contributed by atoms with Crippen LogP contribution in [-0.2, 0) is 19.2 Å². The number of carbonyl (C=O) groups is 4. The van der Waals surface area contributed by atoms with E-state index >= 15 is 0 Å². The van der Waals surface area contributed by atoms with Crippen LogP contribution in [0.15, 0.2) is 24.8 Å². The average Bonchev–Trinajstić information content (AvgIpc) is 3.76. The van der Waals surface area contributed by atoms with Crippen LogP contribution in [0.4, 0.5) is 52.7 Å². The SMILES string of the molecule is O=C(O)C(F)(F)F.O=C(O)C(F)(F)F.O=C(O)C(F)(F)F.O=C(O)C(F)(F)F.c1c[nH]c([C@@H]2CCCN2)n1.c1c[nH]c([C@@H]2CCCN2)n1. The van der Waals surface area contributed by atoms with Crippen molar-refractivity contribution in [3.05, 3.63) is 36.4 Å². The zero-order chi connectivity index (χ0) is 37.9. The Bertz CT molecular complexity index is 1060. The number of hydrogen-bond acceptors (Lipinski definition) is 8. The number of aliphatic carboxylic acids is 4. The Balaban J connectivity index is 0. The van der Waals surface area contributed by atoms with Gasteiger partial charge in [-0.2, -0.15) is 52.7 Å². The number of halogens is 12. The predicted octanol–water partition coefficient (Wildman–Crippen LogP) is 4.20. The highest BCUT2D eigenvalue weighted by molar-refractivity contribution is 5.74. The van der Waals surface area contributed by atoms with Crippen molar-refractivity contribution in [1.29, 1.82) is 0 Å². The van der Waals surface area contributed by atoms with Crippen LogP contribution in [0.1, 0.15) is 49.4 Å². The molecule has 2 aromatic rings. The van der Waals surface area contributed by atoms with E-state index in [1.54, 1.807) is 12.4 Å². The Kier molecular flexibility index (Phi) is 19.5. The number of imidazole rings is 2. The molecule has 2 fully saturated rings. The molecule has 26 heteroatoms. The smallest absolute Gasteiger partial charge is 0.475 e. The topological polar surface area (TPSA) is 231 Å². The minimum absolute atomic E-state index is 0.481. The van der Waals surface area contributed by atoms with Crippen molar-refractivity contribution in [2.45, 2.75) is 62.5 Å². The van der Waals surface area contributed by atoms with Crippen molar-refractivity contribution in [2.75, 3.05) is 13.1 Å². The molecule has 0 saturated carbocycles. The lowest BCUT2D eigenvalue weighted by molar-refractivity contribution is -0.193. The number of aromatic amines is 2. The summed E-state index contributed by atoms with van der Waals surface area (Å²) >= 11 is 0. The number of aromatic nitrogens is 4. The van der Waals surface area contributed by atoms with Gasteiger partial charge >= 0.3 is 48.6 Å². The third-order valence-corrected chi connectivity index (χ3v) is 4.79. The number of nitrogens with zero attached hydrogens (tertiary/aromatic N) is 2. The summed E-state index contributed by atoms with van der Waals surface area (Å²) < 4.78 is 127. The highest BCUT2D eigenvalue weighted by Gasteiger charge is 2.40. The molecule has 4 rings (SSSR count). The van der Waals surface area contributed by atoms with Crippen LogP contribution in [0.5, 0.6) is 0 Å². The molecule has 0 amide bonds. The van der Waals surface area contributed by atoms with Crippen molar-refractivity contribution in [2.24, 2.45) is 0 Å². The minimum atomic E-state index is -5.08. The molecule has 2 aromatic heterocycles. The molecule has 0 bridgehead atoms. The summed E-state index contributed by atoms with van der Waals surface area (Å²) in [6.07, 6.45) is -8.02. The maximum Gasteiger partial charge on any atom is 0.490 e. The lowest BCUT2D eigenvalue weighted by Crippen LogP contribution is -2.21. The zero-order valence-corrected chi connectivity index (χ0v) is 23.6. The molecule has 2 aliphatic heterocycles. The van der Waals surface area contributed by atoms with Gasteiger partial charge in [-0.25, -0.2) is 29.1 Å². The van der Waals surface area contributed by atoms with E-state index in [-0.39, 0.29) is 0 Å². The molecule has 2 aliphatic rings.